The Morgan fingerprint density at radius 1 is 1.38 bits per heavy atom. The first-order valence-electron chi connectivity index (χ1n) is 8.74. The van der Waals surface area contributed by atoms with Crippen molar-refractivity contribution in [3.8, 4) is 0 Å². The predicted octanol–water partition coefficient (Wildman–Crippen LogP) is 2.16. The topological polar surface area (TPSA) is 27.7 Å². The summed E-state index contributed by atoms with van der Waals surface area (Å²) in [6, 6.07) is 0. The Morgan fingerprint density at radius 2 is 2.14 bits per heavy atom. The highest BCUT2D eigenvalue weighted by Gasteiger charge is 2.20. The van der Waals surface area contributed by atoms with Gasteiger partial charge in [-0.15, -0.1) is 0 Å². The van der Waals surface area contributed by atoms with E-state index in [1.54, 1.807) is 0 Å². The number of hydrogen-bond donors (Lipinski definition) is 1. The molecule has 0 aliphatic carbocycles. The van der Waals surface area contributed by atoms with Gasteiger partial charge in [0.25, 0.3) is 0 Å². The summed E-state index contributed by atoms with van der Waals surface area (Å²) >= 11 is 0. The lowest BCUT2D eigenvalue weighted by Crippen LogP contribution is -2.48. The maximum Gasteiger partial charge on any atom is 0.0826 e. The first-order valence-corrected chi connectivity index (χ1v) is 8.74. The molecular weight excluding hydrogens is 262 g/mol. The van der Waals surface area contributed by atoms with Crippen molar-refractivity contribution in [2.45, 2.75) is 40.2 Å². The van der Waals surface area contributed by atoms with Crippen LogP contribution in [0.25, 0.3) is 0 Å². The first-order chi connectivity index (χ1) is 10.0. The van der Waals surface area contributed by atoms with Crippen molar-refractivity contribution in [3.63, 3.8) is 0 Å². The Morgan fingerprint density at radius 3 is 2.81 bits per heavy atom. The Bertz CT molecular complexity index is 266. The van der Waals surface area contributed by atoms with E-state index < -0.39 is 0 Å². The highest BCUT2D eigenvalue weighted by molar-refractivity contribution is 4.74. The lowest BCUT2D eigenvalue weighted by molar-refractivity contribution is -0.0290. The third kappa shape index (κ3) is 8.77. The molecule has 0 spiro atoms. The van der Waals surface area contributed by atoms with Crippen LogP contribution >= 0.6 is 0 Å². The molecule has 0 saturated carbocycles. The maximum atomic E-state index is 5.88. The van der Waals surface area contributed by atoms with Gasteiger partial charge in [0, 0.05) is 40.7 Å². The van der Waals surface area contributed by atoms with Gasteiger partial charge in [0.2, 0.25) is 0 Å². The molecule has 2 atom stereocenters. The Balaban J connectivity index is 0.00000441. The maximum absolute atomic E-state index is 5.88. The summed E-state index contributed by atoms with van der Waals surface area (Å²) in [5.74, 6) is 1.51. The molecule has 0 amide bonds. The van der Waals surface area contributed by atoms with Crippen LogP contribution in [0.15, 0.2) is 0 Å². The quantitative estimate of drug-likeness (QED) is 0.669. The van der Waals surface area contributed by atoms with Crippen LogP contribution < -0.4 is 5.32 Å². The average molecular weight is 302 g/mol. The molecule has 4 heteroatoms. The molecule has 1 N–H and O–H groups in total. The van der Waals surface area contributed by atoms with Crippen molar-refractivity contribution >= 4 is 0 Å². The van der Waals surface area contributed by atoms with Gasteiger partial charge in [0.15, 0.2) is 0 Å². The van der Waals surface area contributed by atoms with E-state index in [0.29, 0.717) is 6.10 Å². The minimum atomic E-state index is 0. The van der Waals surface area contributed by atoms with Crippen molar-refractivity contribution in [1.82, 2.24) is 15.1 Å². The summed E-state index contributed by atoms with van der Waals surface area (Å²) in [5, 5.41) is 3.56. The van der Waals surface area contributed by atoms with Gasteiger partial charge in [0.1, 0.15) is 0 Å². The number of morpholine rings is 1. The van der Waals surface area contributed by atoms with Crippen molar-refractivity contribution in [2.24, 2.45) is 11.8 Å². The van der Waals surface area contributed by atoms with Crippen molar-refractivity contribution < 1.29 is 6.16 Å². The second kappa shape index (κ2) is 10.5. The molecule has 21 heavy (non-hydrogen) atoms. The first kappa shape index (κ1) is 18.9. The molecule has 1 fully saturated rings. The van der Waals surface area contributed by atoms with Gasteiger partial charge in [-0.2, -0.15) is 0 Å². The van der Waals surface area contributed by atoms with E-state index in [4.69, 9.17) is 4.74 Å². The fraction of sp³-hybridized carbons (Fsp3) is 1.00. The number of hydrogen-bond acceptors (Lipinski definition) is 4. The zero-order valence-corrected chi connectivity index (χ0v) is 14.9. The summed E-state index contributed by atoms with van der Waals surface area (Å²) < 4.78 is 5.88. The predicted molar refractivity (Wildman–Crippen MR) is 93.0 cm³/mol. The number of likely N-dealkylation sites (N-methyl/N-ethyl adjacent to an activating group) is 1. The van der Waals surface area contributed by atoms with Gasteiger partial charge in [-0.1, -0.05) is 34.1 Å². The third-order valence-electron chi connectivity index (χ3n) is 4.26. The summed E-state index contributed by atoms with van der Waals surface area (Å²) in [4.78, 5) is 4.99. The second-order valence-corrected chi connectivity index (χ2v) is 7.12. The van der Waals surface area contributed by atoms with Crippen LogP contribution in [-0.4, -0.2) is 75.4 Å². The molecule has 1 unspecified atom stereocenters. The number of ether oxygens (including phenoxy) is 1. The third-order valence-corrected chi connectivity index (χ3v) is 4.26. The van der Waals surface area contributed by atoms with Gasteiger partial charge >= 0.3 is 0 Å². The lowest BCUT2D eigenvalue weighted by atomic mass is 10.1. The van der Waals surface area contributed by atoms with E-state index in [1.807, 2.05) is 0 Å². The van der Waals surface area contributed by atoms with E-state index in [2.05, 4.69) is 49.9 Å². The van der Waals surface area contributed by atoms with Gasteiger partial charge < -0.3 is 15.0 Å². The Kier molecular flexibility index (Phi) is 9.49. The van der Waals surface area contributed by atoms with Gasteiger partial charge in [-0.3, -0.25) is 4.90 Å². The molecule has 1 aliphatic rings. The van der Waals surface area contributed by atoms with E-state index in [1.165, 1.54) is 13.0 Å². The van der Waals surface area contributed by atoms with Crippen LogP contribution in [0.5, 0.6) is 0 Å². The Labute approximate surface area is 133 Å². The number of rotatable bonds is 10. The molecule has 1 aliphatic heterocycles. The minimum Gasteiger partial charge on any atom is -0.374 e. The zero-order chi connectivity index (χ0) is 15.7. The molecule has 1 rings (SSSR count). The van der Waals surface area contributed by atoms with Gasteiger partial charge in [0.05, 0.1) is 12.7 Å². The molecule has 0 aromatic carbocycles. The highest BCUT2D eigenvalue weighted by atomic mass is 16.5. The molecule has 0 aromatic rings. The van der Waals surface area contributed by atoms with Gasteiger partial charge in [-0.25, -0.2) is 0 Å². The number of nitrogens with zero attached hydrogens (tertiary/aromatic N) is 2. The van der Waals surface area contributed by atoms with Crippen LogP contribution in [0.2, 0.25) is 0 Å². The second-order valence-electron chi connectivity index (χ2n) is 7.12. The molecule has 1 saturated heterocycles. The highest BCUT2D eigenvalue weighted by Crippen LogP contribution is 2.06. The molecule has 0 bridgehead atoms. The molecular formula is C17H39N3O. The van der Waals surface area contributed by atoms with Crippen LogP contribution in [0.4, 0.5) is 0 Å². The zero-order valence-electron chi connectivity index (χ0n) is 14.9. The van der Waals surface area contributed by atoms with Crippen LogP contribution in [0.1, 0.15) is 35.5 Å². The van der Waals surface area contributed by atoms with E-state index >= 15 is 0 Å². The molecule has 0 aromatic heterocycles. The minimum absolute atomic E-state index is 0. The molecule has 128 valence electrons. The Hall–Kier alpha value is -0.160. The summed E-state index contributed by atoms with van der Waals surface area (Å²) in [6.07, 6.45) is 1.60. The average Bonchev–Trinajstić information content (AvgIpc) is 2.44. The van der Waals surface area contributed by atoms with Crippen LogP contribution in [0, 0.1) is 11.8 Å². The number of nitrogens with one attached hydrogen (secondary N) is 1. The van der Waals surface area contributed by atoms with Crippen molar-refractivity contribution in [1.29, 1.82) is 0 Å². The lowest BCUT2D eigenvalue weighted by Gasteiger charge is -2.34. The fourth-order valence-corrected chi connectivity index (χ4v) is 2.77. The fourth-order valence-electron chi connectivity index (χ4n) is 2.77. The van der Waals surface area contributed by atoms with E-state index in [-0.39, 0.29) is 1.43 Å². The van der Waals surface area contributed by atoms with Crippen molar-refractivity contribution in [2.75, 3.05) is 59.5 Å². The van der Waals surface area contributed by atoms with Crippen LogP contribution in [-0.2, 0) is 4.74 Å². The standard InChI is InChI=1S/C17H37N3O.H2/c1-6-16(4)11-18-12-17-14-20(9-10-21-17)8-7-19(5)13-15(2)3;/h15-18H,6-14H2,1-5H3;1H/t16?,17-;/m0./s1. The molecule has 1 heterocycles. The normalized spacial score (nSPS) is 22.1. The summed E-state index contributed by atoms with van der Waals surface area (Å²) in [5.41, 5.74) is 0. The molecule has 0 radical (unpaired) electrons. The summed E-state index contributed by atoms with van der Waals surface area (Å²) in [7, 11) is 2.23. The smallest absolute Gasteiger partial charge is 0.0826 e. The largest absolute Gasteiger partial charge is 0.374 e. The van der Waals surface area contributed by atoms with Crippen LogP contribution in [0.3, 0.4) is 0 Å². The van der Waals surface area contributed by atoms with Crippen molar-refractivity contribution in [3.05, 3.63) is 0 Å². The SMILES string of the molecule is CCC(C)CNC[C@H]1CN(CCN(C)CC(C)C)CCO1.[HH]. The molecule has 4 nitrogen and oxygen atoms in total. The van der Waals surface area contributed by atoms with E-state index in [9.17, 15) is 0 Å². The van der Waals surface area contributed by atoms with Gasteiger partial charge in [-0.05, 0) is 25.4 Å². The van der Waals surface area contributed by atoms with E-state index in [0.717, 1.165) is 57.7 Å². The monoisotopic (exact) mass is 301 g/mol. The summed E-state index contributed by atoms with van der Waals surface area (Å²) in [6.45, 7) is 17.7.